The van der Waals surface area contributed by atoms with Crippen LogP contribution in [0.15, 0.2) is 205 Å². The smallest absolute Gasteiger partial charge is 0.136 e. The second kappa shape index (κ2) is 12.8. The molecule has 0 fully saturated rings. The summed E-state index contributed by atoms with van der Waals surface area (Å²) in [4.78, 5) is 5.02. The van der Waals surface area contributed by atoms with E-state index in [-0.39, 0.29) is 6.04 Å². The van der Waals surface area contributed by atoms with Gasteiger partial charge in [-0.15, -0.1) is 0 Å². The molecular formula is C52H36N2O. The van der Waals surface area contributed by atoms with Crippen LogP contribution in [0.1, 0.15) is 12.0 Å². The van der Waals surface area contributed by atoms with Crippen molar-refractivity contribution in [2.45, 2.75) is 12.5 Å². The fraction of sp³-hybridized carbons (Fsp3) is 0.0385. The summed E-state index contributed by atoms with van der Waals surface area (Å²) in [6.07, 6.45) is 7.77. The van der Waals surface area contributed by atoms with Gasteiger partial charge in [0.25, 0.3) is 0 Å². The molecule has 0 saturated heterocycles. The monoisotopic (exact) mass is 704 g/mol. The molecule has 3 heteroatoms. The van der Waals surface area contributed by atoms with E-state index in [0.717, 1.165) is 40.0 Å². The molecular weight excluding hydrogens is 669 g/mol. The van der Waals surface area contributed by atoms with Gasteiger partial charge in [-0.2, -0.15) is 0 Å². The Labute approximate surface area is 320 Å². The number of hydrogen-bond donors (Lipinski definition) is 0. The Morgan fingerprint density at radius 1 is 0.527 bits per heavy atom. The Balaban J connectivity index is 1.10. The molecule has 1 atom stereocenters. The second-order valence-electron chi connectivity index (χ2n) is 14.4. The van der Waals surface area contributed by atoms with Crippen molar-refractivity contribution in [3.8, 4) is 22.3 Å². The Hall–Kier alpha value is -7.10. The Morgan fingerprint density at radius 2 is 1.24 bits per heavy atom. The van der Waals surface area contributed by atoms with Crippen molar-refractivity contribution in [3.63, 3.8) is 0 Å². The summed E-state index contributed by atoms with van der Waals surface area (Å²) in [5, 5.41) is 4.72. The number of anilines is 5. The summed E-state index contributed by atoms with van der Waals surface area (Å²) in [5.74, 6) is 0. The van der Waals surface area contributed by atoms with Crippen LogP contribution in [-0.4, -0.2) is 6.04 Å². The summed E-state index contributed by atoms with van der Waals surface area (Å²) in [7, 11) is 0. The third kappa shape index (κ3) is 5.12. The normalized spacial score (nSPS) is 14.7. The standard InChI is InChI=1S/C52H36N2O/c1-3-14-36(15-4-1)41-18-7-10-22-46(41)53(48-24-13-21-43-42-19-8-11-23-47(42)54(52(43)48)39-16-5-2-6-17-39)40-31-28-35(29-32-40)38-27-26-37-30-33-50-51(45(37)34-38)44-20-9-12-25-49(44)55-50/h1-22,24-34,47H,23H2. The summed E-state index contributed by atoms with van der Waals surface area (Å²) in [5.41, 5.74) is 15.0. The molecule has 1 unspecified atom stereocenters. The number of benzene rings is 8. The third-order valence-corrected chi connectivity index (χ3v) is 11.3. The van der Waals surface area contributed by atoms with E-state index < -0.39 is 0 Å². The largest absolute Gasteiger partial charge is 0.456 e. The van der Waals surface area contributed by atoms with Crippen molar-refractivity contribution in [1.82, 2.24) is 0 Å². The molecule has 11 rings (SSSR count). The highest BCUT2D eigenvalue weighted by Gasteiger charge is 2.38. The van der Waals surface area contributed by atoms with Gasteiger partial charge in [0.05, 0.1) is 23.1 Å². The lowest BCUT2D eigenvalue weighted by Crippen LogP contribution is -2.28. The molecule has 2 heterocycles. The molecule has 260 valence electrons. The zero-order chi connectivity index (χ0) is 36.3. The van der Waals surface area contributed by atoms with Crippen LogP contribution in [0.4, 0.5) is 28.4 Å². The topological polar surface area (TPSA) is 19.6 Å². The molecule has 3 nitrogen and oxygen atoms in total. The van der Waals surface area contributed by atoms with Crippen LogP contribution in [0.3, 0.4) is 0 Å². The van der Waals surface area contributed by atoms with Crippen molar-refractivity contribution in [2.75, 3.05) is 9.80 Å². The van der Waals surface area contributed by atoms with Crippen LogP contribution in [0.5, 0.6) is 0 Å². The number of allylic oxidation sites excluding steroid dienone is 2. The molecule has 1 aliphatic carbocycles. The number of hydrogen-bond acceptors (Lipinski definition) is 3. The number of nitrogens with zero attached hydrogens (tertiary/aromatic N) is 2. The van der Waals surface area contributed by atoms with Gasteiger partial charge in [0.15, 0.2) is 0 Å². The molecule has 8 aromatic carbocycles. The van der Waals surface area contributed by atoms with Gasteiger partial charge in [-0.05, 0) is 94.1 Å². The number of para-hydroxylation sites is 4. The van der Waals surface area contributed by atoms with E-state index >= 15 is 0 Å². The van der Waals surface area contributed by atoms with E-state index in [2.05, 4.69) is 198 Å². The van der Waals surface area contributed by atoms with E-state index in [1.165, 1.54) is 60.9 Å². The lowest BCUT2D eigenvalue weighted by molar-refractivity contribution is 0.669. The lowest BCUT2D eigenvalue weighted by Gasteiger charge is -2.34. The van der Waals surface area contributed by atoms with Gasteiger partial charge < -0.3 is 14.2 Å². The van der Waals surface area contributed by atoms with Crippen molar-refractivity contribution < 1.29 is 4.42 Å². The number of rotatable bonds is 6. The maximum Gasteiger partial charge on any atom is 0.136 e. The van der Waals surface area contributed by atoms with Gasteiger partial charge in [-0.3, -0.25) is 0 Å². The quantitative estimate of drug-likeness (QED) is 0.172. The molecule has 1 aromatic heterocycles. The average Bonchev–Trinajstić information content (AvgIpc) is 3.81. The number of fused-ring (bicyclic) bond motifs is 8. The van der Waals surface area contributed by atoms with Gasteiger partial charge in [-0.1, -0.05) is 146 Å². The Kier molecular flexibility index (Phi) is 7.31. The molecule has 0 N–H and O–H groups in total. The zero-order valence-electron chi connectivity index (χ0n) is 30.1. The minimum atomic E-state index is 0.226. The molecule has 2 aliphatic rings. The first-order chi connectivity index (χ1) is 27.3. The van der Waals surface area contributed by atoms with Crippen LogP contribution >= 0.6 is 0 Å². The van der Waals surface area contributed by atoms with Crippen LogP contribution < -0.4 is 9.80 Å². The Bertz CT molecular complexity index is 2960. The maximum atomic E-state index is 6.26. The van der Waals surface area contributed by atoms with Gasteiger partial charge in [0.2, 0.25) is 0 Å². The average molecular weight is 705 g/mol. The maximum absolute atomic E-state index is 6.26. The van der Waals surface area contributed by atoms with Crippen LogP contribution in [0, 0.1) is 0 Å². The highest BCUT2D eigenvalue weighted by atomic mass is 16.3. The van der Waals surface area contributed by atoms with E-state index in [9.17, 15) is 0 Å². The lowest BCUT2D eigenvalue weighted by atomic mass is 9.95. The molecule has 1 aliphatic heterocycles. The highest BCUT2D eigenvalue weighted by Crippen LogP contribution is 2.54. The summed E-state index contributed by atoms with van der Waals surface area (Å²) in [6, 6.07) is 65.9. The first kappa shape index (κ1) is 31.4. The van der Waals surface area contributed by atoms with E-state index in [4.69, 9.17) is 4.42 Å². The molecule has 0 radical (unpaired) electrons. The van der Waals surface area contributed by atoms with Gasteiger partial charge in [0, 0.05) is 33.3 Å². The van der Waals surface area contributed by atoms with Crippen molar-refractivity contribution in [1.29, 1.82) is 0 Å². The summed E-state index contributed by atoms with van der Waals surface area (Å²) in [6.45, 7) is 0. The van der Waals surface area contributed by atoms with E-state index in [1.54, 1.807) is 0 Å². The summed E-state index contributed by atoms with van der Waals surface area (Å²) < 4.78 is 6.26. The minimum Gasteiger partial charge on any atom is -0.456 e. The van der Waals surface area contributed by atoms with Crippen molar-refractivity contribution >= 4 is 66.7 Å². The van der Waals surface area contributed by atoms with Crippen LogP contribution in [0.2, 0.25) is 0 Å². The first-order valence-electron chi connectivity index (χ1n) is 19.0. The third-order valence-electron chi connectivity index (χ3n) is 11.3. The van der Waals surface area contributed by atoms with E-state index in [1.807, 2.05) is 12.1 Å². The molecule has 0 spiro atoms. The van der Waals surface area contributed by atoms with Gasteiger partial charge in [-0.25, -0.2) is 0 Å². The predicted molar refractivity (Wildman–Crippen MR) is 231 cm³/mol. The molecule has 0 saturated carbocycles. The molecule has 9 aromatic rings. The second-order valence-corrected chi connectivity index (χ2v) is 14.4. The summed E-state index contributed by atoms with van der Waals surface area (Å²) >= 11 is 0. The van der Waals surface area contributed by atoms with Crippen molar-refractivity contribution in [3.05, 3.63) is 206 Å². The predicted octanol–water partition coefficient (Wildman–Crippen LogP) is 14.4. The molecule has 0 amide bonds. The SMILES string of the molecule is C1=CCC2C(=C1)c1cccc(N(c3ccc(-c4ccc5ccc6oc7ccccc7c6c5c4)cc3)c3ccccc3-c3ccccc3)c1N2c1ccccc1. The van der Waals surface area contributed by atoms with Crippen LogP contribution in [-0.2, 0) is 0 Å². The fourth-order valence-electron chi connectivity index (χ4n) is 8.85. The minimum absolute atomic E-state index is 0.226. The van der Waals surface area contributed by atoms with Crippen LogP contribution in [0.25, 0.3) is 60.5 Å². The Morgan fingerprint density at radius 3 is 2.11 bits per heavy atom. The zero-order valence-corrected chi connectivity index (χ0v) is 30.1. The fourth-order valence-corrected chi connectivity index (χ4v) is 8.85. The van der Waals surface area contributed by atoms with Gasteiger partial charge in [0.1, 0.15) is 11.2 Å². The van der Waals surface area contributed by atoms with E-state index in [0.29, 0.717) is 0 Å². The molecule has 55 heavy (non-hydrogen) atoms. The van der Waals surface area contributed by atoms with Gasteiger partial charge >= 0.3 is 0 Å². The van der Waals surface area contributed by atoms with Crippen molar-refractivity contribution in [2.24, 2.45) is 0 Å². The highest BCUT2D eigenvalue weighted by molar-refractivity contribution is 6.19. The molecule has 0 bridgehead atoms. The number of furan rings is 1. The first-order valence-corrected chi connectivity index (χ1v) is 19.0.